The number of nitrogens with zero attached hydrogens (tertiary/aromatic N) is 2. The zero-order valence-corrected chi connectivity index (χ0v) is 20.2. The Balaban J connectivity index is 1.75. The lowest BCUT2D eigenvalue weighted by Gasteiger charge is -2.47. The highest BCUT2D eigenvalue weighted by molar-refractivity contribution is 6.39. The van der Waals surface area contributed by atoms with Crippen LogP contribution in [0.3, 0.4) is 0 Å². The molecule has 2 aliphatic heterocycles. The number of hydrogen-bond acceptors (Lipinski definition) is 4. The SMILES string of the molecule is CCN1c2ccc(/C=C3\C(=O)NC(=O)N(c4cccc(C)c4C)C3=O)cc2[C@H](C)CC1(C)C. The molecule has 2 aromatic carbocycles. The van der Waals surface area contributed by atoms with Crippen LogP contribution >= 0.6 is 0 Å². The van der Waals surface area contributed by atoms with E-state index in [9.17, 15) is 14.4 Å². The number of carbonyl (C=O) groups excluding carboxylic acids is 3. The topological polar surface area (TPSA) is 69.7 Å². The molecular weight excluding hydrogens is 414 g/mol. The number of amides is 4. The molecule has 1 saturated heterocycles. The lowest BCUT2D eigenvalue weighted by molar-refractivity contribution is -0.122. The first-order valence-electron chi connectivity index (χ1n) is 11.4. The molecule has 0 spiro atoms. The van der Waals surface area contributed by atoms with Crippen molar-refractivity contribution in [1.82, 2.24) is 5.32 Å². The van der Waals surface area contributed by atoms with Gasteiger partial charge in [-0.25, -0.2) is 9.69 Å². The van der Waals surface area contributed by atoms with E-state index in [1.54, 1.807) is 18.2 Å². The van der Waals surface area contributed by atoms with Gasteiger partial charge in [0.1, 0.15) is 5.57 Å². The zero-order chi connectivity index (χ0) is 24.1. The van der Waals surface area contributed by atoms with E-state index in [4.69, 9.17) is 0 Å². The van der Waals surface area contributed by atoms with Gasteiger partial charge in [0.05, 0.1) is 5.69 Å². The minimum atomic E-state index is -0.726. The molecule has 2 aliphatic rings. The molecule has 2 aromatic rings. The predicted octanol–water partition coefficient (Wildman–Crippen LogP) is 5.08. The molecule has 0 radical (unpaired) electrons. The lowest BCUT2D eigenvalue weighted by atomic mass is 9.79. The first-order chi connectivity index (χ1) is 15.5. The number of hydrogen-bond donors (Lipinski definition) is 1. The van der Waals surface area contributed by atoms with Crippen molar-refractivity contribution < 1.29 is 14.4 Å². The second kappa shape index (κ2) is 8.18. The number of rotatable bonds is 3. The van der Waals surface area contributed by atoms with Gasteiger partial charge in [0, 0.05) is 17.8 Å². The van der Waals surface area contributed by atoms with Gasteiger partial charge < -0.3 is 4.90 Å². The highest BCUT2D eigenvalue weighted by atomic mass is 16.2. The van der Waals surface area contributed by atoms with E-state index in [1.807, 2.05) is 26.0 Å². The minimum Gasteiger partial charge on any atom is -0.366 e. The van der Waals surface area contributed by atoms with E-state index < -0.39 is 17.8 Å². The summed E-state index contributed by atoms with van der Waals surface area (Å²) in [6, 6.07) is 10.8. The molecule has 172 valence electrons. The van der Waals surface area contributed by atoms with Crippen LogP contribution in [0.25, 0.3) is 6.08 Å². The van der Waals surface area contributed by atoms with E-state index in [2.05, 4.69) is 50.0 Å². The van der Waals surface area contributed by atoms with Crippen molar-refractivity contribution in [1.29, 1.82) is 0 Å². The van der Waals surface area contributed by atoms with Crippen LogP contribution in [0.1, 0.15) is 62.3 Å². The number of anilines is 2. The van der Waals surface area contributed by atoms with Crippen molar-refractivity contribution in [2.75, 3.05) is 16.3 Å². The van der Waals surface area contributed by atoms with E-state index in [0.29, 0.717) is 11.6 Å². The van der Waals surface area contributed by atoms with Gasteiger partial charge in [-0.3, -0.25) is 14.9 Å². The van der Waals surface area contributed by atoms with Crippen LogP contribution in [0, 0.1) is 13.8 Å². The van der Waals surface area contributed by atoms with Gasteiger partial charge in [-0.2, -0.15) is 0 Å². The van der Waals surface area contributed by atoms with Gasteiger partial charge in [0.15, 0.2) is 0 Å². The highest BCUT2D eigenvalue weighted by Crippen LogP contribution is 2.43. The zero-order valence-electron chi connectivity index (χ0n) is 20.2. The van der Waals surface area contributed by atoms with Gasteiger partial charge in [0.2, 0.25) is 0 Å². The summed E-state index contributed by atoms with van der Waals surface area (Å²) in [7, 11) is 0. The molecule has 1 N–H and O–H groups in total. The van der Waals surface area contributed by atoms with Crippen LogP contribution in [0.2, 0.25) is 0 Å². The van der Waals surface area contributed by atoms with E-state index in [0.717, 1.165) is 34.6 Å². The van der Waals surface area contributed by atoms with Crippen LogP contribution in [0.4, 0.5) is 16.2 Å². The van der Waals surface area contributed by atoms with Crippen molar-refractivity contribution in [3.05, 3.63) is 64.2 Å². The fourth-order valence-corrected chi connectivity index (χ4v) is 5.22. The van der Waals surface area contributed by atoms with Crippen molar-refractivity contribution in [2.45, 2.75) is 59.4 Å². The molecule has 33 heavy (non-hydrogen) atoms. The molecular formula is C27H31N3O3. The summed E-state index contributed by atoms with van der Waals surface area (Å²) in [5.41, 5.74) is 5.44. The Morgan fingerprint density at radius 3 is 2.52 bits per heavy atom. The third kappa shape index (κ3) is 3.84. The number of imide groups is 2. The van der Waals surface area contributed by atoms with Crippen molar-refractivity contribution in [3.63, 3.8) is 0 Å². The van der Waals surface area contributed by atoms with Crippen molar-refractivity contribution in [2.24, 2.45) is 0 Å². The van der Waals surface area contributed by atoms with Crippen LogP contribution in [0.15, 0.2) is 42.0 Å². The van der Waals surface area contributed by atoms with Crippen LogP contribution in [0.5, 0.6) is 0 Å². The van der Waals surface area contributed by atoms with Gasteiger partial charge in [-0.1, -0.05) is 25.1 Å². The maximum absolute atomic E-state index is 13.3. The summed E-state index contributed by atoms with van der Waals surface area (Å²) in [5, 5.41) is 2.32. The van der Waals surface area contributed by atoms with Gasteiger partial charge in [0.25, 0.3) is 11.8 Å². The number of urea groups is 1. The first-order valence-corrected chi connectivity index (χ1v) is 11.4. The van der Waals surface area contributed by atoms with Gasteiger partial charge >= 0.3 is 6.03 Å². The smallest absolute Gasteiger partial charge is 0.335 e. The molecule has 4 rings (SSSR count). The Hall–Kier alpha value is -3.41. The second-order valence-corrected chi connectivity index (χ2v) is 9.66. The molecule has 0 aromatic heterocycles. The largest absolute Gasteiger partial charge is 0.366 e. The average Bonchev–Trinajstić information content (AvgIpc) is 2.74. The average molecular weight is 446 g/mol. The standard InChI is InChI=1S/C27H31N3O3/c1-7-29-23-12-11-19(13-20(23)17(3)15-27(29,5)6)14-21-24(31)28-26(33)30(25(21)32)22-10-8-9-16(2)18(22)4/h8-14,17H,7,15H2,1-6H3,(H,28,31,33)/b21-14+/t17-/m1/s1. The number of benzene rings is 2. The summed E-state index contributed by atoms with van der Waals surface area (Å²) >= 11 is 0. The van der Waals surface area contributed by atoms with E-state index in [1.165, 1.54) is 11.3 Å². The molecule has 2 heterocycles. The van der Waals surface area contributed by atoms with E-state index >= 15 is 0 Å². The third-order valence-corrected chi connectivity index (χ3v) is 6.96. The Morgan fingerprint density at radius 2 is 1.82 bits per heavy atom. The third-order valence-electron chi connectivity index (χ3n) is 6.96. The normalized spacial score (nSPS) is 21.3. The molecule has 6 heteroatoms. The van der Waals surface area contributed by atoms with Crippen LogP contribution in [-0.4, -0.2) is 29.9 Å². The Labute approximate surface area is 195 Å². The Bertz CT molecular complexity index is 1200. The minimum absolute atomic E-state index is 0.0494. The molecule has 0 bridgehead atoms. The van der Waals surface area contributed by atoms with Crippen molar-refractivity contribution >= 4 is 35.3 Å². The predicted molar refractivity (Wildman–Crippen MR) is 131 cm³/mol. The first kappa shape index (κ1) is 22.8. The molecule has 6 nitrogen and oxygen atoms in total. The maximum Gasteiger partial charge on any atom is 0.335 e. The Morgan fingerprint density at radius 1 is 1.09 bits per heavy atom. The monoisotopic (exact) mass is 445 g/mol. The quantitative estimate of drug-likeness (QED) is 0.528. The molecule has 1 fully saturated rings. The number of fused-ring (bicyclic) bond motifs is 1. The second-order valence-electron chi connectivity index (χ2n) is 9.66. The van der Waals surface area contributed by atoms with E-state index in [-0.39, 0.29) is 11.1 Å². The van der Waals surface area contributed by atoms with Gasteiger partial charge in [-0.15, -0.1) is 0 Å². The molecule has 0 saturated carbocycles. The van der Waals surface area contributed by atoms with Crippen LogP contribution in [-0.2, 0) is 9.59 Å². The molecule has 0 unspecified atom stereocenters. The summed E-state index contributed by atoms with van der Waals surface area (Å²) in [6.45, 7) is 13.6. The molecule has 1 atom stereocenters. The highest BCUT2D eigenvalue weighted by Gasteiger charge is 2.38. The number of barbiturate groups is 1. The van der Waals surface area contributed by atoms with Crippen molar-refractivity contribution in [3.8, 4) is 0 Å². The fourth-order valence-electron chi connectivity index (χ4n) is 5.22. The maximum atomic E-state index is 13.3. The molecule has 4 amide bonds. The number of carbonyl (C=O) groups is 3. The summed E-state index contributed by atoms with van der Waals surface area (Å²) in [6.07, 6.45) is 2.60. The summed E-state index contributed by atoms with van der Waals surface area (Å²) in [5.74, 6) is -0.937. The van der Waals surface area contributed by atoms with Gasteiger partial charge in [-0.05, 0) is 93.5 Å². The lowest BCUT2D eigenvalue weighted by Crippen LogP contribution is -2.54. The fraction of sp³-hybridized carbons (Fsp3) is 0.370. The Kier molecular flexibility index (Phi) is 5.64. The van der Waals surface area contributed by atoms with Crippen LogP contribution < -0.4 is 15.1 Å². The molecule has 0 aliphatic carbocycles. The summed E-state index contributed by atoms with van der Waals surface area (Å²) < 4.78 is 0. The number of aryl methyl sites for hydroxylation is 1. The number of nitrogens with one attached hydrogen (secondary N) is 1. The summed E-state index contributed by atoms with van der Waals surface area (Å²) in [4.78, 5) is 42.0.